The summed E-state index contributed by atoms with van der Waals surface area (Å²) >= 11 is 0. The largest absolute Gasteiger partial charge is 0.478 e. The van der Waals surface area contributed by atoms with E-state index in [1.165, 1.54) is 24.4 Å². The molecule has 0 aliphatic rings. The van der Waals surface area contributed by atoms with Gasteiger partial charge in [0.2, 0.25) is 5.82 Å². The standard InChI is InChI=1S/C14H8FN3O3/c15-11-7-16-5-4-10(11)13-17-12(18-21-13)8-2-1-3-9(6-8)14(19)20/h1-7H,(H,19,20). The fourth-order valence-corrected chi connectivity index (χ4v) is 1.79. The Morgan fingerprint density at radius 2 is 2.14 bits per heavy atom. The van der Waals surface area contributed by atoms with Crippen molar-refractivity contribution in [1.29, 1.82) is 0 Å². The molecule has 7 heteroatoms. The molecule has 0 spiro atoms. The molecule has 1 N–H and O–H groups in total. The van der Waals surface area contributed by atoms with Gasteiger partial charge in [-0.3, -0.25) is 4.98 Å². The Morgan fingerprint density at radius 1 is 1.29 bits per heavy atom. The van der Waals surface area contributed by atoms with Gasteiger partial charge >= 0.3 is 5.97 Å². The lowest BCUT2D eigenvalue weighted by Crippen LogP contribution is -1.96. The van der Waals surface area contributed by atoms with Crippen LogP contribution in [0.3, 0.4) is 0 Å². The quantitative estimate of drug-likeness (QED) is 0.795. The van der Waals surface area contributed by atoms with E-state index in [9.17, 15) is 9.18 Å². The van der Waals surface area contributed by atoms with E-state index in [0.717, 1.165) is 6.20 Å². The molecule has 0 bridgehead atoms. The highest BCUT2D eigenvalue weighted by atomic mass is 19.1. The molecule has 1 aromatic carbocycles. The summed E-state index contributed by atoms with van der Waals surface area (Å²) in [4.78, 5) is 18.6. The van der Waals surface area contributed by atoms with Crippen molar-refractivity contribution in [3.63, 3.8) is 0 Å². The summed E-state index contributed by atoms with van der Waals surface area (Å²) in [5.41, 5.74) is 0.714. The van der Waals surface area contributed by atoms with Crippen molar-refractivity contribution in [3.05, 3.63) is 54.1 Å². The smallest absolute Gasteiger partial charge is 0.335 e. The maximum absolute atomic E-state index is 13.6. The Kier molecular flexibility index (Phi) is 3.15. The minimum absolute atomic E-state index is 0.00521. The van der Waals surface area contributed by atoms with Gasteiger partial charge in [-0.2, -0.15) is 4.98 Å². The lowest BCUT2D eigenvalue weighted by Gasteiger charge is -1.97. The summed E-state index contributed by atoms with van der Waals surface area (Å²) in [7, 11) is 0. The number of aromatic carboxylic acids is 1. The second kappa shape index (κ2) is 5.12. The first-order valence-electron chi connectivity index (χ1n) is 5.92. The van der Waals surface area contributed by atoms with Crippen LogP contribution in [0, 0.1) is 5.82 Å². The summed E-state index contributed by atoms with van der Waals surface area (Å²) < 4.78 is 18.6. The topological polar surface area (TPSA) is 89.1 Å². The van der Waals surface area contributed by atoms with Crippen LogP contribution in [-0.4, -0.2) is 26.2 Å². The Labute approximate surface area is 117 Å². The number of carbonyl (C=O) groups is 1. The minimum atomic E-state index is -1.05. The van der Waals surface area contributed by atoms with Gasteiger partial charge in [-0.1, -0.05) is 17.3 Å². The van der Waals surface area contributed by atoms with Gasteiger partial charge in [-0.05, 0) is 18.2 Å². The number of halogens is 1. The van der Waals surface area contributed by atoms with Crippen LogP contribution >= 0.6 is 0 Å². The average molecular weight is 285 g/mol. The first-order valence-corrected chi connectivity index (χ1v) is 5.92. The zero-order valence-corrected chi connectivity index (χ0v) is 10.5. The van der Waals surface area contributed by atoms with Crippen molar-refractivity contribution in [1.82, 2.24) is 15.1 Å². The molecule has 0 unspecified atom stereocenters. The first-order chi connectivity index (χ1) is 10.1. The summed E-state index contributed by atoms with van der Waals surface area (Å²) in [6, 6.07) is 7.50. The summed E-state index contributed by atoms with van der Waals surface area (Å²) in [5.74, 6) is -1.44. The number of benzene rings is 1. The van der Waals surface area contributed by atoms with Crippen LogP contribution in [0.2, 0.25) is 0 Å². The second-order valence-corrected chi connectivity index (χ2v) is 4.16. The monoisotopic (exact) mass is 285 g/mol. The molecular formula is C14H8FN3O3. The van der Waals surface area contributed by atoms with Crippen molar-refractivity contribution >= 4 is 5.97 Å². The number of nitrogens with zero attached hydrogens (tertiary/aromatic N) is 3. The number of carboxylic acids is 1. The molecule has 0 radical (unpaired) electrons. The number of rotatable bonds is 3. The van der Waals surface area contributed by atoms with Gasteiger partial charge in [0, 0.05) is 11.8 Å². The Bertz CT molecular complexity index is 816. The number of carboxylic acid groups (broad SMARTS) is 1. The minimum Gasteiger partial charge on any atom is -0.478 e. The van der Waals surface area contributed by atoms with Gasteiger partial charge < -0.3 is 9.63 Å². The van der Waals surface area contributed by atoms with E-state index in [1.807, 2.05) is 0 Å². The number of hydrogen-bond acceptors (Lipinski definition) is 5. The molecule has 0 atom stereocenters. The highest BCUT2D eigenvalue weighted by Gasteiger charge is 2.15. The number of hydrogen-bond donors (Lipinski definition) is 1. The van der Waals surface area contributed by atoms with Crippen LogP contribution in [0.15, 0.2) is 47.2 Å². The van der Waals surface area contributed by atoms with Crippen molar-refractivity contribution in [2.45, 2.75) is 0 Å². The number of pyridine rings is 1. The molecule has 2 aromatic heterocycles. The fraction of sp³-hybridized carbons (Fsp3) is 0. The van der Waals surface area contributed by atoms with E-state index >= 15 is 0 Å². The third-order valence-electron chi connectivity index (χ3n) is 2.80. The predicted molar refractivity (Wildman–Crippen MR) is 69.9 cm³/mol. The van der Waals surface area contributed by atoms with Crippen molar-refractivity contribution in [2.24, 2.45) is 0 Å². The van der Waals surface area contributed by atoms with Crippen molar-refractivity contribution in [2.75, 3.05) is 0 Å². The van der Waals surface area contributed by atoms with Crippen LogP contribution < -0.4 is 0 Å². The van der Waals surface area contributed by atoms with E-state index < -0.39 is 11.8 Å². The molecule has 0 saturated heterocycles. The second-order valence-electron chi connectivity index (χ2n) is 4.16. The molecule has 0 saturated carbocycles. The van der Waals surface area contributed by atoms with Gasteiger partial charge in [0.25, 0.3) is 5.89 Å². The van der Waals surface area contributed by atoms with E-state index in [4.69, 9.17) is 9.63 Å². The normalized spacial score (nSPS) is 10.5. The molecule has 3 aromatic rings. The summed E-state index contributed by atoms with van der Waals surface area (Å²) in [6.07, 6.45) is 2.46. The zero-order chi connectivity index (χ0) is 14.8. The highest BCUT2D eigenvalue weighted by Crippen LogP contribution is 2.24. The SMILES string of the molecule is O=C(O)c1cccc(-c2noc(-c3ccncc3F)n2)c1. The van der Waals surface area contributed by atoms with Crippen molar-refractivity contribution < 1.29 is 18.8 Å². The van der Waals surface area contributed by atoms with Gasteiger partial charge in [0.15, 0.2) is 5.82 Å². The van der Waals surface area contributed by atoms with Crippen molar-refractivity contribution in [3.8, 4) is 22.8 Å². The van der Waals surface area contributed by atoms with Crippen LogP contribution in [0.25, 0.3) is 22.8 Å². The van der Waals surface area contributed by atoms with E-state index in [1.54, 1.807) is 12.1 Å². The predicted octanol–water partition coefficient (Wildman–Crippen LogP) is 2.64. The van der Waals surface area contributed by atoms with Gasteiger partial charge in [0.1, 0.15) is 0 Å². The van der Waals surface area contributed by atoms with E-state index in [2.05, 4.69) is 15.1 Å². The van der Waals surface area contributed by atoms with Crippen LogP contribution in [0.4, 0.5) is 4.39 Å². The highest BCUT2D eigenvalue weighted by molar-refractivity contribution is 5.89. The van der Waals surface area contributed by atoms with Gasteiger partial charge in [0.05, 0.1) is 17.3 Å². The molecule has 6 nitrogen and oxygen atoms in total. The molecule has 2 heterocycles. The summed E-state index contributed by atoms with van der Waals surface area (Å²) in [5, 5.41) is 12.7. The molecule has 0 aliphatic heterocycles. The third-order valence-corrected chi connectivity index (χ3v) is 2.80. The Balaban J connectivity index is 2.01. The summed E-state index contributed by atoms with van der Waals surface area (Å²) in [6.45, 7) is 0. The lowest BCUT2D eigenvalue weighted by molar-refractivity contribution is 0.0697. The van der Waals surface area contributed by atoms with Crippen LogP contribution in [0.1, 0.15) is 10.4 Å². The van der Waals surface area contributed by atoms with E-state index in [0.29, 0.717) is 5.56 Å². The first kappa shape index (κ1) is 12.9. The average Bonchev–Trinajstić information content (AvgIpc) is 2.97. The molecule has 104 valence electrons. The van der Waals surface area contributed by atoms with Crippen LogP contribution in [0.5, 0.6) is 0 Å². The maximum Gasteiger partial charge on any atom is 0.335 e. The molecular weight excluding hydrogens is 277 g/mol. The third kappa shape index (κ3) is 2.48. The molecule has 0 amide bonds. The number of aromatic nitrogens is 3. The molecule has 0 aliphatic carbocycles. The van der Waals surface area contributed by atoms with Gasteiger partial charge in [-0.25, -0.2) is 9.18 Å². The van der Waals surface area contributed by atoms with Gasteiger partial charge in [-0.15, -0.1) is 0 Å². The Morgan fingerprint density at radius 3 is 2.90 bits per heavy atom. The maximum atomic E-state index is 13.6. The zero-order valence-electron chi connectivity index (χ0n) is 10.5. The molecule has 21 heavy (non-hydrogen) atoms. The molecule has 0 fully saturated rings. The van der Waals surface area contributed by atoms with E-state index in [-0.39, 0.29) is 22.8 Å². The lowest BCUT2D eigenvalue weighted by atomic mass is 10.1. The molecule has 3 rings (SSSR count). The Hall–Kier alpha value is -3.09. The van der Waals surface area contributed by atoms with Crippen LogP contribution in [-0.2, 0) is 0 Å². The fourth-order valence-electron chi connectivity index (χ4n) is 1.79.